The highest BCUT2D eigenvalue weighted by Crippen LogP contribution is 2.29. The molecule has 9 heteroatoms. The zero-order chi connectivity index (χ0) is 14.5. The molecule has 0 spiro atoms. The molecule has 1 rings (SSSR count). The first-order chi connectivity index (χ1) is 8.82. The van der Waals surface area contributed by atoms with Crippen LogP contribution in [0.15, 0.2) is 6.07 Å². The molecule has 6 nitrogen and oxygen atoms in total. The average Bonchev–Trinajstić information content (AvgIpc) is 2.33. The van der Waals surface area contributed by atoms with Crippen LogP contribution in [0.2, 0.25) is 0 Å². The number of carbonyl (C=O) groups excluding carboxylic acids is 1. The van der Waals surface area contributed by atoms with Crippen LogP contribution in [0.4, 0.5) is 24.9 Å². The Morgan fingerprint density at radius 3 is 2.63 bits per heavy atom. The van der Waals surface area contributed by atoms with Gasteiger partial charge in [-0.1, -0.05) is 0 Å². The summed E-state index contributed by atoms with van der Waals surface area (Å²) in [5.41, 5.74) is 3.91. The van der Waals surface area contributed by atoms with Crippen LogP contribution in [0.1, 0.15) is 18.5 Å². The number of halogens is 3. The standard InChI is InChI=1S/C10H14F3N5O/c1-15-9-17-6(10(11,12)13)5-8(18-9)16-4-2-3-7(14)19/h5H,2-4H2,1H3,(H2,14,19)(H2,15,16,17,18). The molecule has 1 aromatic heterocycles. The first kappa shape index (κ1) is 15.0. The summed E-state index contributed by atoms with van der Waals surface area (Å²) in [6.45, 7) is 0.292. The molecule has 0 bridgehead atoms. The van der Waals surface area contributed by atoms with E-state index in [4.69, 9.17) is 5.73 Å². The van der Waals surface area contributed by atoms with Crippen LogP contribution in [0, 0.1) is 0 Å². The van der Waals surface area contributed by atoms with Crippen molar-refractivity contribution in [3.63, 3.8) is 0 Å². The lowest BCUT2D eigenvalue weighted by Crippen LogP contribution is -2.15. The minimum Gasteiger partial charge on any atom is -0.370 e. The molecule has 4 N–H and O–H groups in total. The second kappa shape index (κ2) is 6.21. The van der Waals surface area contributed by atoms with Crippen LogP contribution in [0.3, 0.4) is 0 Å². The molecule has 1 heterocycles. The van der Waals surface area contributed by atoms with E-state index in [9.17, 15) is 18.0 Å². The number of alkyl halides is 3. The molecule has 0 aliphatic rings. The van der Waals surface area contributed by atoms with Crippen LogP contribution >= 0.6 is 0 Å². The zero-order valence-electron chi connectivity index (χ0n) is 10.2. The van der Waals surface area contributed by atoms with E-state index in [0.29, 0.717) is 13.0 Å². The number of amides is 1. The number of nitrogens with one attached hydrogen (secondary N) is 2. The Balaban J connectivity index is 2.74. The summed E-state index contributed by atoms with van der Waals surface area (Å²) < 4.78 is 37.7. The molecule has 0 saturated heterocycles. The average molecular weight is 277 g/mol. The Kier molecular flexibility index (Phi) is 4.90. The lowest BCUT2D eigenvalue weighted by molar-refractivity contribution is -0.141. The minimum atomic E-state index is -4.54. The van der Waals surface area contributed by atoms with Gasteiger partial charge in [-0.15, -0.1) is 0 Å². The number of aromatic nitrogens is 2. The van der Waals surface area contributed by atoms with Crippen LogP contribution in [-0.4, -0.2) is 29.5 Å². The van der Waals surface area contributed by atoms with Crippen molar-refractivity contribution in [1.29, 1.82) is 0 Å². The van der Waals surface area contributed by atoms with E-state index in [-0.39, 0.29) is 18.2 Å². The quantitative estimate of drug-likeness (QED) is 0.680. The molecule has 0 saturated carbocycles. The number of hydrogen-bond donors (Lipinski definition) is 3. The Labute approximate surface area is 107 Å². The van der Waals surface area contributed by atoms with Crippen LogP contribution < -0.4 is 16.4 Å². The van der Waals surface area contributed by atoms with E-state index in [1.54, 1.807) is 0 Å². The van der Waals surface area contributed by atoms with E-state index in [1.807, 2.05) is 0 Å². The lowest BCUT2D eigenvalue weighted by atomic mass is 10.3. The number of carbonyl (C=O) groups is 1. The maximum atomic E-state index is 12.6. The molecule has 106 valence electrons. The van der Waals surface area contributed by atoms with Gasteiger partial charge in [0, 0.05) is 26.1 Å². The van der Waals surface area contributed by atoms with Crippen molar-refractivity contribution >= 4 is 17.7 Å². The number of hydrogen-bond acceptors (Lipinski definition) is 5. The summed E-state index contributed by atoms with van der Waals surface area (Å²) in [6, 6.07) is 0.811. The lowest BCUT2D eigenvalue weighted by Gasteiger charge is -2.11. The minimum absolute atomic E-state index is 0.0381. The van der Waals surface area contributed by atoms with Crippen LogP contribution in [0.25, 0.3) is 0 Å². The highest BCUT2D eigenvalue weighted by atomic mass is 19.4. The fraction of sp³-hybridized carbons (Fsp3) is 0.500. The van der Waals surface area contributed by atoms with E-state index in [2.05, 4.69) is 20.6 Å². The molecule has 1 aromatic rings. The third-order valence-corrected chi connectivity index (χ3v) is 2.15. The second-order valence-electron chi connectivity index (χ2n) is 3.71. The Bertz CT molecular complexity index is 449. The van der Waals surface area contributed by atoms with Gasteiger partial charge in [0.2, 0.25) is 11.9 Å². The van der Waals surface area contributed by atoms with Gasteiger partial charge in [0.15, 0.2) is 5.69 Å². The van der Waals surface area contributed by atoms with Gasteiger partial charge >= 0.3 is 6.18 Å². The predicted octanol–water partition coefficient (Wildman–Crippen LogP) is 1.21. The van der Waals surface area contributed by atoms with Gasteiger partial charge in [0.25, 0.3) is 0 Å². The van der Waals surface area contributed by atoms with Crippen molar-refractivity contribution < 1.29 is 18.0 Å². The zero-order valence-corrected chi connectivity index (χ0v) is 10.2. The molecule has 0 fully saturated rings. The number of rotatable bonds is 6. The second-order valence-corrected chi connectivity index (χ2v) is 3.71. The van der Waals surface area contributed by atoms with Crippen molar-refractivity contribution in [1.82, 2.24) is 9.97 Å². The molecule has 0 aliphatic heterocycles. The first-order valence-electron chi connectivity index (χ1n) is 5.49. The molecular formula is C10H14F3N5O. The van der Waals surface area contributed by atoms with Gasteiger partial charge in [-0.05, 0) is 6.42 Å². The Morgan fingerprint density at radius 1 is 1.42 bits per heavy atom. The first-order valence-corrected chi connectivity index (χ1v) is 5.49. The summed E-state index contributed by atoms with van der Waals surface area (Å²) >= 11 is 0. The highest BCUT2D eigenvalue weighted by Gasteiger charge is 2.33. The van der Waals surface area contributed by atoms with Crippen molar-refractivity contribution in [2.24, 2.45) is 5.73 Å². The molecule has 0 radical (unpaired) electrons. The smallest absolute Gasteiger partial charge is 0.370 e. The molecule has 0 aromatic carbocycles. The number of nitrogens with zero attached hydrogens (tertiary/aromatic N) is 2. The SMILES string of the molecule is CNc1nc(NCCCC(N)=O)cc(C(F)(F)F)n1. The molecule has 0 aliphatic carbocycles. The van der Waals surface area contributed by atoms with Gasteiger partial charge in [0.05, 0.1) is 0 Å². The molecule has 19 heavy (non-hydrogen) atoms. The predicted molar refractivity (Wildman–Crippen MR) is 63.5 cm³/mol. The summed E-state index contributed by atoms with van der Waals surface area (Å²) in [5, 5.41) is 5.14. The number of anilines is 2. The Hall–Kier alpha value is -2.06. The molecule has 1 amide bonds. The maximum absolute atomic E-state index is 12.6. The van der Waals surface area contributed by atoms with E-state index < -0.39 is 17.8 Å². The third-order valence-electron chi connectivity index (χ3n) is 2.15. The van der Waals surface area contributed by atoms with E-state index >= 15 is 0 Å². The third kappa shape index (κ3) is 4.98. The monoisotopic (exact) mass is 277 g/mol. The molecule has 0 unspecified atom stereocenters. The van der Waals surface area contributed by atoms with Crippen LogP contribution in [0.5, 0.6) is 0 Å². The van der Waals surface area contributed by atoms with Crippen molar-refractivity contribution in [2.45, 2.75) is 19.0 Å². The highest BCUT2D eigenvalue weighted by molar-refractivity contribution is 5.73. The summed E-state index contributed by atoms with van der Waals surface area (Å²) in [5.74, 6) is -0.556. The van der Waals surface area contributed by atoms with Crippen molar-refractivity contribution in [2.75, 3.05) is 24.2 Å². The summed E-state index contributed by atoms with van der Waals surface area (Å²) in [7, 11) is 1.42. The fourth-order valence-electron chi connectivity index (χ4n) is 1.27. The molecular weight excluding hydrogens is 263 g/mol. The topological polar surface area (TPSA) is 92.9 Å². The fourth-order valence-corrected chi connectivity index (χ4v) is 1.27. The maximum Gasteiger partial charge on any atom is 0.433 e. The largest absolute Gasteiger partial charge is 0.433 e. The van der Waals surface area contributed by atoms with E-state index in [0.717, 1.165) is 6.07 Å². The Morgan fingerprint density at radius 2 is 2.11 bits per heavy atom. The summed E-state index contributed by atoms with van der Waals surface area (Å²) in [6.07, 6.45) is -3.98. The van der Waals surface area contributed by atoms with Crippen LogP contribution in [-0.2, 0) is 11.0 Å². The normalized spacial score (nSPS) is 11.2. The van der Waals surface area contributed by atoms with Gasteiger partial charge in [-0.3, -0.25) is 4.79 Å². The van der Waals surface area contributed by atoms with Crippen molar-refractivity contribution in [3.8, 4) is 0 Å². The van der Waals surface area contributed by atoms with E-state index in [1.165, 1.54) is 7.05 Å². The van der Waals surface area contributed by atoms with Gasteiger partial charge < -0.3 is 16.4 Å². The van der Waals surface area contributed by atoms with Crippen molar-refractivity contribution in [3.05, 3.63) is 11.8 Å². The number of primary amides is 1. The van der Waals surface area contributed by atoms with Gasteiger partial charge in [0.1, 0.15) is 5.82 Å². The van der Waals surface area contributed by atoms with Gasteiger partial charge in [-0.2, -0.15) is 18.2 Å². The summed E-state index contributed by atoms with van der Waals surface area (Å²) in [4.78, 5) is 17.7. The number of nitrogens with two attached hydrogens (primary N) is 1. The van der Waals surface area contributed by atoms with Gasteiger partial charge in [-0.25, -0.2) is 4.98 Å². The molecule has 0 atom stereocenters.